The van der Waals surface area contributed by atoms with Gasteiger partial charge in [0.05, 0.1) is 23.7 Å². The number of hydrogen-bond donors (Lipinski definition) is 1. The average Bonchev–Trinajstić information content (AvgIpc) is 3.24. The van der Waals surface area contributed by atoms with Crippen LogP contribution < -0.4 is 5.56 Å². The molecule has 0 spiro atoms. The molecule has 0 amide bonds. The van der Waals surface area contributed by atoms with Crippen LogP contribution in [-0.4, -0.2) is 35.6 Å². The second kappa shape index (κ2) is 7.78. The van der Waals surface area contributed by atoms with E-state index in [-0.39, 0.29) is 11.1 Å². The Morgan fingerprint density at radius 3 is 2.69 bits per heavy atom. The molecule has 8 nitrogen and oxygen atoms in total. The van der Waals surface area contributed by atoms with Gasteiger partial charge in [-0.3, -0.25) is 4.79 Å². The van der Waals surface area contributed by atoms with Crippen molar-refractivity contribution in [2.45, 2.75) is 13.1 Å². The van der Waals surface area contributed by atoms with Crippen molar-refractivity contribution >= 4 is 16.7 Å². The second-order valence-electron chi connectivity index (χ2n) is 6.31. The number of fused-ring (bicyclic) bond motifs is 1. The Morgan fingerprint density at radius 2 is 1.97 bits per heavy atom. The third kappa shape index (κ3) is 4.04. The third-order valence-electron chi connectivity index (χ3n) is 4.34. The summed E-state index contributed by atoms with van der Waals surface area (Å²) >= 11 is 0. The molecule has 29 heavy (non-hydrogen) atoms. The summed E-state index contributed by atoms with van der Waals surface area (Å²) in [5.74, 6) is 4.90. The summed E-state index contributed by atoms with van der Waals surface area (Å²) < 4.78 is 3.17. The number of aromatic carboxylic acids is 1. The van der Waals surface area contributed by atoms with E-state index in [1.807, 2.05) is 6.07 Å². The lowest BCUT2D eigenvalue weighted by Crippen LogP contribution is -2.20. The molecule has 0 bridgehead atoms. The third-order valence-corrected chi connectivity index (χ3v) is 4.34. The molecule has 0 fully saturated rings. The molecule has 4 rings (SSSR count). The summed E-state index contributed by atoms with van der Waals surface area (Å²) in [5.41, 5.74) is 1.38. The highest BCUT2D eigenvalue weighted by molar-refractivity contribution is 5.87. The number of aromatic nitrogens is 5. The molecule has 0 saturated carbocycles. The van der Waals surface area contributed by atoms with Crippen LogP contribution in [0.2, 0.25) is 0 Å². The zero-order chi connectivity index (χ0) is 20.2. The molecule has 0 radical (unpaired) electrons. The topological polar surface area (TPSA) is 103 Å². The van der Waals surface area contributed by atoms with E-state index in [1.165, 1.54) is 12.1 Å². The van der Waals surface area contributed by atoms with Gasteiger partial charge in [0.2, 0.25) is 0 Å². The first-order valence-electron chi connectivity index (χ1n) is 8.74. The molecular formula is C21H15N5O3. The van der Waals surface area contributed by atoms with E-state index in [2.05, 4.69) is 27.1 Å². The van der Waals surface area contributed by atoms with E-state index in [0.29, 0.717) is 24.2 Å². The fourth-order valence-corrected chi connectivity index (χ4v) is 2.85. The van der Waals surface area contributed by atoms with E-state index >= 15 is 0 Å². The van der Waals surface area contributed by atoms with Crippen LogP contribution >= 0.6 is 0 Å². The summed E-state index contributed by atoms with van der Waals surface area (Å²) in [6.07, 6.45) is 6.62. The number of rotatable bonds is 4. The van der Waals surface area contributed by atoms with Crippen LogP contribution in [0.4, 0.5) is 0 Å². The van der Waals surface area contributed by atoms with Crippen molar-refractivity contribution in [3.63, 3.8) is 0 Å². The van der Waals surface area contributed by atoms with Gasteiger partial charge >= 0.3 is 5.97 Å². The SMILES string of the molecule is O=C(O)c1ccc(Cn2ccc3cnc(C#CCn4ccnn4)cc3c2=O)cc1. The molecule has 0 aliphatic heterocycles. The molecule has 0 atom stereocenters. The van der Waals surface area contributed by atoms with E-state index in [0.717, 1.165) is 10.9 Å². The van der Waals surface area contributed by atoms with Crippen molar-refractivity contribution in [1.29, 1.82) is 0 Å². The van der Waals surface area contributed by atoms with Crippen molar-refractivity contribution in [3.05, 3.63) is 88.4 Å². The molecule has 0 saturated heterocycles. The number of benzene rings is 1. The summed E-state index contributed by atoms with van der Waals surface area (Å²) in [6, 6.07) is 9.95. The Morgan fingerprint density at radius 1 is 1.14 bits per heavy atom. The van der Waals surface area contributed by atoms with E-state index < -0.39 is 5.97 Å². The number of carbonyl (C=O) groups is 1. The van der Waals surface area contributed by atoms with Gasteiger partial charge < -0.3 is 9.67 Å². The first-order valence-corrected chi connectivity index (χ1v) is 8.74. The van der Waals surface area contributed by atoms with Gasteiger partial charge in [0.1, 0.15) is 12.2 Å². The minimum absolute atomic E-state index is 0.161. The van der Waals surface area contributed by atoms with Gasteiger partial charge in [0, 0.05) is 24.0 Å². The summed E-state index contributed by atoms with van der Waals surface area (Å²) in [7, 11) is 0. The Balaban J connectivity index is 1.61. The van der Waals surface area contributed by atoms with Crippen molar-refractivity contribution in [3.8, 4) is 11.8 Å². The van der Waals surface area contributed by atoms with Crippen molar-refractivity contribution in [2.24, 2.45) is 0 Å². The molecule has 4 aromatic rings. The first-order chi connectivity index (χ1) is 14.1. The van der Waals surface area contributed by atoms with Crippen LogP contribution in [0.1, 0.15) is 21.6 Å². The summed E-state index contributed by atoms with van der Waals surface area (Å²) in [5, 5.41) is 17.8. The van der Waals surface area contributed by atoms with Crippen LogP contribution in [0.5, 0.6) is 0 Å². The number of pyridine rings is 2. The fourth-order valence-electron chi connectivity index (χ4n) is 2.85. The zero-order valence-electron chi connectivity index (χ0n) is 15.2. The highest BCUT2D eigenvalue weighted by atomic mass is 16.4. The first kappa shape index (κ1) is 18.1. The molecule has 1 N–H and O–H groups in total. The highest BCUT2D eigenvalue weighted by Gasteiger charge is 2.06. The average molecular weight is 385 g/mol. The predicted molar refractivity (Wildman–Crippen MR) is 105 cm³/mol. The maximum absolute atomic E-state index is 12.9. The Bertz CT molecular complexity index is 1300. The van der Waals surface area contributed by atoms with Crippen LogP contribution in [0.15, 0.2) is 66.0 Å². The van der Waals surface area contributed by atoms with Gasteiger partial charge in [0.25, 0.3) is 5.56 Å². The maximum atomic E-state index is 12.9. The Labute approximate surface area is 165 Å². The van der Waals surface area contributed by atoms with Crippen molar-refractivity contribution in [2.75, 3.05) is 0 Å². The van der Waals surface area contributed by atoms with Gasteiger partial charge in [-0.2, -0.15) is 0 Å². The number of hydrogen-bond acceptors (Lipinski definition) is 5. The molecule has 142 valence electrons. The molecule has 3 heterocycles. The second-order valence-corrected chi connectivity index (χ2v) is 6.31. The largest absolute Gasteiger partial charge is 0.478 e. The smallest absolute Gasteiger partial charge is 0.335 e. The Kier molecular flexibility index (Phi) is 4.86. The zero-order valence-corrected chi connectivity index (χ0v) is 15.2. The monoisotopic (exact) mass is 385 g/mol. The number of nitrogens with zero attached hydrogens (tertiary/aromatic N) is 5. The normalized spacial score (nSPS) is 10.5. The molecule has 1 aromatic carbocycles. The molecule has 8 heteroatoms. The van der Waals surface area contributed by atoms with Crippen molar-refractivity contribution in [1.82, 2.24) is 24.5 Å². The fraction of sp³-hybridized carbons (Fsp3) is 0.0952. The van der Waals surface area contributed by atoms with E-state index in [4.69, 9.17) is 5.11 Å². The standard InChI is InChI=1S/C21H15N5O3/c27-20-19-12-18(2-1-9-26-11-8-23-24-26)22-13-17(19)7-10-25(20)14-15-3-5-16(6-4-15)21(28)29/h3-8,10-13H,9,14H2,(H,28,29). The lowest BCUT2D eigenvalue weighted by Gasteiger charge is -2.08. The van der Waals surface area contributed by atoms with Crippen LogP contribution in [0.25, 0.3) is 10.8 Å². The lowest BCUT2D eigenvalue weighted by molar-refractivity contribution is 0.0697. The quantitative estimate of drug-likeness (QED) is 0.537. The van der Waals surface area contributed by atoms with E-state index in [1.54, 1.807) is 52.2 Å². The summed E-state index contributed by atoms with van der Waals surface area (Å²) in [4.78, 5) is 28.1. The number of carboxylic acid groups (broad SMARTS) is 1. The van der Waals surface area contributed by atoms with Gasteiger partial charge in [-0.05, 0) is 35.7 Å². The molecular weight excluding hydrogens is 370 g/mol. The molecule has 0 aliphatic rings. The lowest BCUT2D eigenvalue weighted by atomic mass is 10.1. The molecule has 0 unspecified atom stereocenters. The van der Waals surface area contributed by atoms with Crippen LogP contribution in [0.3, 0.4) is 0 Å². The summed E-state index contributed by atoms with van der Waals surface area (Å²) in [6.45, 7) is 0.718. The van der Waals surface area contributed by atoms with Crippen LogP contribution in [-0.2, 0) is 13.1 Å². The maximum Gasteiger partial charge on any atom is 0.335 e. The van der Waals surface area contributed by atoms with Gasteiger partial charge in [-0.25, -0.2) is 14.5 Å². The van der Waals surface area contributed by atoms with Crippen LogP contribution in [0, 0.1) is 11.8 Å². The van der Waals surface area contributed by atoms with Gasteiger partial charge in [-0.15, -0.1) is 5.10 Å². The Hall–Kier alpha value is -4.25. The molecule has 3 aromatic heterocycles. The van der Waals surface area contributed by atoms with E-state index in [9.17, 15) is 9.59 Å². The molecule has 0 aliphatic carbocycles. The minimum Gasteiger partial charge on any atom is -0.478 e. The predicted octanol–water partition coefficient (Wildman–Crippen LogP) is 1.79. The number of carboxylic acids is 1. The van der Waals surface area contributed by atoms with Gasteiger partial charge in [-0.1, -0.05) is 23.3 Å². The highest BCUT2D eigenvalue weighted by Crippen LogP contribution is 2.11. The minimum atomic E-state index is -0.982. The van der Waals surface area contributed by atoms with Crippen molar-refractivity contribution < 1.29 is 9.90 Å². The van der Waals surface area contributed by atoms with Gasteiger partial charge in [0.15, 0.2) is 0 Å².